The molecule has 23 heavy (non-hydrogen) atoms. The summed E-state index contributed by atoms with van der Waals surface area (Å²) in [7, 11) is 3.52. The van der Waals surface area contributed by atoms with Gasteiger partial charge in [0.2, 0.25) is 6.79 Å². The fourth-order valence-corrected chi connectivity index (χ4v) is 2.53. The highest BCUT2D eigenvalue weighted by molar-refractivity contribution is 5.74. The van der Waals surface area contributed by atoms with Gasteiger partial charge < -0.3 is 30.4 Å². The second kappa shape index (κ2) is 7.36. The molecule has 0 radical (unpaired) electrons. The van der Waals surface area contributed by atoms with E-state index in [1.54, 1.807) is 18.0 Å². The van der Waals surface area contributed by atoms with E-state index in [4.69, 9.17) is 25.5 Å². The molecule has 128 valence electrons. The minimum Gasteiger partial charge on any atom is -0.480 e. The molecule has 2 aliphatic heterocycles. The number of carboxylic acid groups (broad SMARTS) is 1. The minimum absolute atomic E-state index is 0.270. The first-order chi connectivity index (χ1) is 11.0. The average molecular weight is 326 g/mol. The standard InChI is InChI=1S/C8H11N3O2.C6H11NO3/c1-10-5-2-7-8(13-4-12-7)3-6(5)11-9;1-7-3-4(8)2-5(7)6(9)10/h2-3,10-11H,4,9H2,1H3;4-5,8H,2-3H2,1H3,(H,9,10). The van der Waals surface area contributed by atoms with Gasteiger partial charge in [-0.3, -0.25) is 15.5 Å². The maximum absolute atomic E-state index is 10.4. The molecule has 3 rings (SSSR count). The Hall–Kier alpha value is -2.23. The van der Waals surface area contributed by atoms with Crippen LogP contribution in [0.4, 0.5) is 11.4 Å². The third kappa shape index (κ3) is 3.95. The number of likely N-dealkylation sites (N-methyl/N-ethyl adjacent to an activating group) is 1. The molecule has 2 atom stereocenters. The second-order valence-corrected chi connectivity index (χ2v) is 5.33. The summed E-state index contributed by atoms with van der Waals surface area (Å²) in [6.45, 7) is 0.740. The highest BCUT2D eigenvalue weighted by Gasteiger charge is 2.32. The molecule has 1 aromatic carbocycles. The molecule has 2 aliphatic rings. The number of rotatable bonds is 3. The minimum atomic E-state index is -0.848. The van der Waals surface area contributed by atoms with Crippen molar-refractivity contribution in [2.24, 2.45) is 5.84 Å². The number of ether oxygens (including phenoxy) is 2. The van der Waals surface area contributed by atoms with E-state index >= 15 is 0 Å². The van der Waals surface area contributed by atoms with Gasteiger partial charge in [0.25, 0.3) is 0 Å². The van der Waals surface area contributed by atoms with Gasteiger partial charge in [0.1, 0.15) is 6.04 Å². The van der Waals surface area contributed by atoms with Crippen LogP contribution in [0.25, 0.3) is 0 Å². The Kier molecular flexibility index (Phi) is 5.48. The van der Waals surface area contributed by atoms with Gasteiger partial charge >= 0.3 is 5.97 Å². The van der Waals surface area contributed by atoms with Gasteiger partial charge in [-0.05, 0) is 7.05 Å². The van der Waals surface area contributed by atoms with Gasteiger partial charge in [-0.15, -0.1) is 0 Å². The summed E-state index contributed by atoms with van der Waals surface area (Å²) >= 11 is 0. The van der Waals surface area contributed by atoms with E-state index in [2.05, 4.69) is 10.7 Å². The number of anilines is 2. The Morgan fingerprint density at radius 1 is 1.35 bits per heavy atom. The van der Waals surface area contributed by atoms with Crippen LogP contribution < -0.4 is 26.1 Å². The van der Waals surface area contributed by atoms with E-state index in [-0.39, 0.29) is 6.79 Å². The first kappa shape index (κ1) is 17.1. The monoisotopic (exact) mass is 326 g/mol. The van der Waals surface area contributed by atoms with Crippen molar-refractivity contribution in [3.8, 4) is 11.5 Å². The van der Waals surface area contributed by atoms with Crippen LogP contribution in [0.2, 0.25) is 0 Å². The molecule has 9 heteroatoms. The topological polar surface area (TPSA) is 129 Å². The van der Waals surface area contributed by atoms with Gasteiger partial charge in [-0.2, -0.15) is 0 Å². The van der Waals surface area contributed by atoms with Crippen molar-refractivity contribution < 1.29 is 24.5 Å². The zero-order valence-corrected chi connectivity index (χ0v) is 13.1. The number of aliphatic hydroxyl groups is 1. The highest BCUT2D eigenvalue weighted by atomic mass is 16.7. The third-order valence-corrected chi connectivity index (χ3v) is 3.75. The van der Waals surface area contributed by atoms with Crippen LogP contribution in [-0.2, 0) is 4.79 Å². The van der Waals surface area contributed by atoms with E-state index in [1.807, 2.05) is 13.1 Å². The normalized spacial score (nSPS) is 22.3. The van der Waals surface area contributed by atoms with E-state index in [1.165, 1.54) is 0 Å². The number of nitrogen functional groups attached to an aromatic ring is 1. The van der Waals surface area contributed by atoms with E-state index < -0.39 is 18.1 Å². The fraction of sp³-hybridized carbons (Fsp3) is 0.500. The maximum Gasteiger partial charge on any atom is 0.321 e. The van der Waals surface area contributed by atoms with Gasteiger partial charge in [0.05, 0.1) is 17.5 Å². The lowest BCUT2D eigenvalue weighted by Gasteiger charge is -2.12. The quantitative estimate of drug-likeness (QED) is 0.381. The van der Waals surface area contributed by atoms with Crippen LogP contribution in [0.15, 0.2) is 12.1 Å². The summed E-state index contributed by atoms with van der Waals surface area (Å²) in [6.07, 6.45) is -0.114. The Balaban J connectivity index is 0.000000174. The summed E-state index contributed by atoms with van der Waals surface area (Å²) in [5.41, 5.74) is 4.24. The van der Waals surface area contributed by atoms with Crippen molar-refractivity contribution in [2.45, 2.75) is 18.6 Å². The summed E-state index contributed by atoms with van der Waals surface area (Å²) in [5, 5.41) is 20.6. The van der Waals surface area contributed by atoms with Crippen molar-refractivity contribution in [3.63, 3.8) is 0 Å². The fourth-order valence-electron chi connectivity index (χ4n) is 2.53. The van der Waals surface area contributed by atoms with Crippen LogP contribution >= 0.6 is 0 Å². The summed E-state index contributed by atoms with van der Waals surface area (Å²) in [6, 6.07) is 3.15. The van der Waals surface area contributed by atoms with Gasteiger partial charge in [0, 0.05) is 32.1 Å². The molecule has 9 nitrogen and oxygen atoms in total. The number of aliphatic carboxylic acids is 1. The first-order valence-corrected chi connectivity index (χ1v) is 7.15. The van der Waals surface area contributed by atoms with Crippen molar-refractivity contribution in [1.29, 1.82) is 0 Å². The van der Waals surface area contributed by atoms with Gasteiger partial charge in [-0.1, -0.05) is 0 Å². The summed E-state index contributed by atoms with van der Waals surface area (Å²) < 4.78 is 10.4. The number of benzene rings is 1. The van der Waals surface area contributed by atoms with E-state index in [9.17, 15) is 4.79 Å². The first-order valence-electron chi connectivity index (χ1n) is 7.15. The third-order valence-electron chi connectivity index (χ3n) is 3.75. The van der Waals surface area contributed by atoms with Crippen molar-refractivity contribution >= 4 is 17.3 Å². The number of hydrogen-bond acceptors (Lipinski definition) is 8. The molecule has 0 aliphatic carbocycles. The maximum atomic E-state index is 10.4. The molecule has 1 fully saturated rings. The number of hydrazine groups is 1. The SMILES string of the molecule is CN1CC(O)CC1C(=O)O.CNc1cc2c(cc1NN)OCO2. The molecule has 0 aromatic heterocycles. The van der Waals surface area contributed by atoms with Crippen molar-refractivity contribution in [2.75, 3.05) is 38.2 Å². The number of nitrogens with two attached hydrogens (primary N) is 1. The van der Waals surface area contributed by atoms with Gasteiger partial charge in [0.15, 0.2) is 11.5 Å². The number of nitrogens with one attached hydrogen (secondary N) is 2. The number of nitrogens with zero attached hydrogens (tertiary/aromatic N) is 1. The molecular formula is C14H22N4O5. The molecule has 2 heterocycles. The lowest BCUT2D eigenvalue weighted by atomic mass is 10.2. The number of β-amino-alcohol motifs (C(OH)–C–C–N with tert-alkyl or cyclic N) is 1. The average Bonchev–Trinajstić information content (AvgIpc) is 3.11. The summed E-state index contributed by atoms with van der Waals surface area (Å²) in [4.78, 5) is 12.1. The van der Waals surface area contributed by atoms with Gasteiger partial charge in [-0.25, -0.2) is 0 Å². The largest absolute Gasteiger partial charge is 0.480 e. The highest BCUT2D eigenvalue weighted by Crippen LogP contribution is 2.38. The predicted molar refractivity (Wildman–Crippen MR) is 84.6 cm³/mol. The molecule has 2 unspecified atom stereocenters. The molecule has 0 spiro atoms. The number of carbonyl (C=O) groups is 1. The second-order valence-electron chi connectivity index (χ2n) is 5.33. The van der Waals surface area contributed by atoms with Crippen molar-refractivity contribution in [1.82, 2.24) is 4.90 Å². The van der Waals surface area contributed by atoms with Crippen LogP contribution in [-0.4, -0.2) is 60.7 Å². The van der Waals surface area contributed by atoms with Crippen LogP contribution in [0.3, 0.4) is 0 Å². The Bertz CT molecular complexity index is 537. The number of carboxylic acids is 1. The smallest absolute Gasteiger partial charge is 0.321 e. The Morgan fingerprint density at radius 2 is 1.96 bits per heavy atom. The molecule has 6 N–H and O–H groups in total. The Morgan fingerprint density at radius 3 is 2.35 bits per heavy atom. The summed E-state index contributed by atoms with van der Waals surface area (Å²) in [5.74, 6) is 5.94. The molecule has 1 saturated heterocycles. The zero-order chi connectivity index (χ0) is 17.0. The Labute approximate surface area is 133 Å². The number of aliphatic hydroxyl groups excluding tert-OH is 1. The van der Waals surface area contributed by atoms with Crippen LogP contribution in [0.1, 0.15) is 6.42 Å². The van der Waals surface area contributed by atoms with E-state index in [0.717, 1.165) is 17.1 Å². The molecule has 0 saturated carbocycles. The van der Waals surface area contributed by atoms with Crippen LogP contribution in [0, 0.1) is 0 Å². The number of hydrogen-bond donors (Lipinski definition) is 5. The molecule has 1 aromatic rings. The molecule has 0 bridgehead atoms. The van der Waals surface area contributed by atoms with E-state index in [0.29, 0.717) is 18.7 Å². The number of likely N-dealkylation sites (tertiary alicyclic amines) is 1. The predicted octanol–water partition coefficient (Wildman–Crippen LogP) is -0.121. The molecule has 0 amide bonds. The zero-order valence-electron chi connectivity index (χ0n) is 13.1. The lowest BCUT2D eigenvalue weighted by Crippen LogP contribution is -2.32. The van der Waals surface area contributed by atoms with Crippen molar-refractivity contribution in [3.05, 3.63) is 12.1 Å². The molecular weight excluding hydrogens is 304 g/mol. The van der Waals surface area contributed by atoms with Crippen LogP contribution in [0.5, 0.6) is 11.5 Å². The lowest BCUT2D eigenvalue weighted by molar-refractivity contribution is -0.141. The number of fused-ring (bicyclic) bond motifs is 1.